The summed E-state index contributed by atoms with van der Waals surface area (Å²) in [5.74, 6) is 1.16. The number of carbonyl (C=O) groups is 2. The van der Waals surface area contributed by atoms with E-state index in [1.54, 1.807) is 14.0 Å². The maximum Gasteiger partial charge on any atom is 0.341 e. The molecule has 2 aromatic heterocycles. The molecule has 0 aliphatic carbocycles. The third-order valence-corrected chi connectivity index (χ3v) is 8.06. The lowest BCUT2D eigenvalue weighted by atomic mass is 10.0. The molecule has 10 heteroatoms. The molecule has 5 rings (SSSR count). The number of para-hydroxylation sites is 1. The fourth-order valence-corrected chi connectivity index (χ4v) is 6.09. The number of hydrogen-bond acceptors (Lipinski definition) is 9. The van der Waals surface area contributed by atoms with Crippen molar-refractivity contribution in [3.8, 4) is 28.4 Å². The molecular weight excluding hydrogens is 524 g/mol. The first-order valence-electron chi connectivity index (χ1n) is 11.9. The molecule has 2 aromatic carbocycles. The van der Waals surface area contributed by atoms with Crippen LogP contribution < -0.4 is 19.5 Å². The Labute approximate surface area is 228 Å². The maximum absolute atomic E-state index is 13.2. The second-order valence-electron chi connectivity index (χ2n) is 8.59. The zero-order valence-corrected chi connectivity index (χ0v) is 23.0. The minimum Gasteiger partial charge on any atom is -0.494 e. The Kier molecular flexibility index (Phi) is 7.44. The number of aromatic nitrogens is 1. The summed E-state index contributed by atoms with van der Waals surface area (Å²) in [6.07, 6.45) is 0. The molecular formula is C28H26N2O6S2. The SMILES string of the molecule is COC(=O)c1c(-c2ccc3c(c2)OCCO3)csc1NC(=O)C(C)Sc1cc(C)c2cccc(OC)c2n1. The van der Waals surface area contributed by atoms with Crippen LogP contribution >= 0.6 is 23.1 Å². The lowest BCUT2D eigenvalue weighted by molar-refractivity contribution is -0.115. The van der Waals surface area contributed by atoms with Gasteiger partial charge >= 0.3 is 5.97 Å². The van der Waals surface area contributed by atoms with Crippen LogP contribution in [-0.2, 0) is 9.53 Å². The van der Waals surface area contributed by atoms with Gasteiger partial charge in [-0.1, -0.05) is 30.0 Å². The number of esters is 1. The summed E-state index contributed by atoms with van der Waals surface area (Å²) in [5, 5.41) is 6.39. The quantitative estimate of drug-likeness (QED) is 0.223. The number of fused-ring (bicyclic) bond motifs is 2. The van der Waals surface area contributed by atoms with Crippen LogP contribution in [-0.4, -0.2) is 49.5 Å². The van der Waals surface area contributed by atoms with Gasteiger partial charge in [-0.05, 0) is 49.2 Å². The largest absolute Gasteiger partial charge is 0.494 e. The van der Waals surface area contributed by atoms with Crippen LogP contribution in [0.25, 0.3) is 22.0 Å². The number of amides is 1. The zero-order chi connectivity index (χ0) is 26.8. The highest BCUT2D eigenvalue weighted by atomic mass is 32.2. The Morgan fingerprint density at radius 2 is 1.89 bits per heavy atom. The van der Waals surface area contributed by atoms with E-state index >= 15 is 0 Å². The molecule has 8 nitrogen and oxygen atoms in total. The third kappa shape index (κ3) is 5.01. The highest BCUT2D eigenvalue weighted by molar-refractivity contribution is 8.00. The summed E-state index contributed by atoms with van der Waals surface area (Å²) >= 11 is 2.60. The molecule has 1 aliphatic heterocycles. The molecule has 1 amide bonds. The summed E-state index contributed by atoms with van der Waals surface area (Å²) in [6.45, 7) is 4.76. The number of carbonyl (C=O) groups excluding carboxylic acids is 2. The van der Waals surface area contributed by atoms with Gasteiger partial charge in [-0.25, -0.2) is 9.78 Å². The molecule has 4 aromatic rings. The molecule has 0 saturated heterocycles. The number of benzene rings is 2. The predicted octanol–water partition coefficient (Wildman–Crippen LogP) is 5.96. The van der Waals surface area contributed by atoms with Gasteiger partial charge in [0.25, 0.3) is 0 Å². The van der Waals surface area contributed by atoms with E-state index in [-0.39, 0.29) is 5.91 Å². The summed E-state index contributed by atoms with van der Waals surface area (Å²) in [7, 11) is 2.93. The first-order valence-corrected chi connectivity index (χ1v) is 13.7. The Bertz CT molecular complexity index is 1530. The number of anilines is 1. The molecule has 0 fully saturated rings. The van der Waals surface area contributed by atoms with E-state index in [1.165, 1.54) is 30.2 Å². The average molecular weight is 551 g/mol. The van der Waals surface area contributed by atoms with Crippen LogP contribution in [0, 0.1) is 6.92 Å². The van der Waals surface area contributed by atoms with Crippen molar-refractivity contribution in [3.63, 3.8) is 0 Å². The summed E-state index contributed by atoms with van der Waals surface area (Å²) < 4.78 is 21.8. The number of aryl methyl sites for hydroxylation is 1. The van der Waals surface area contributed by atoms with E-state index in [9.17, 15) is 9.59 Å². The van der Waals surface area contributed by atoms with Crippen molar-refractivity contribution in [1.82, 2.24) is 4.98 Å². The topological polar surface area (TPSA) is 96.0 Å². The van der Waals surface area contributed by atoms with E-state index in [1.807, 2.05) is 54.8 Å². The highest BCUT2D eigenvalue weighted by Crippen LogP contribution is 2.41. The van der Waals surface area contributed by atoms with Gasteiger partial charge in [0, 0.05) is 16.3 Å². The fourth-order valence-electron chi connectivity index (χ4n) is 4.21. The Morgan fingerprint density at radius 3 is 2.66 bits per heavy atom. The predicted molar refractivity (Wildman–Crippen MR) is 149 cm³/mol. The molecule has 196 valence electrons. The molecule has 1 unspecified atom stereocenters. The van der Waals surface area contributed by atoms with Gasteiger partial charge in [-0.15, -0.1) is 11.3 Å². The van der Waals surface area contributed by atoms with Crippen LogP contribution in [0.3, 0.4) is 0 Å². The van der Waals surface area contributed by atoms with Gasteiger partial charge in [0.2, 0.25) is 5.91 Å². The Hall–Kier alpha value is -3.76. The van der Waals surface area contributed by atoms with Crippen molar-refractivity contribution in [3.05, 3.63) is 59.0 Å². The standard InChI is InChI=1S/C28H26N2O6S2/c1-15-12-23(29-25-18(15)6-5-7-21(25)33-3)38-16(2)26(31)30-27-24(28(32)34-4)19(14-37-27)17-8-9-20-22(13-17)36-11-10-35-20/h5-9,12-14,16H,10-11H2,1-4H3,(H,30,31). The normalized spacial score (nSPS) is 13.2. The molecule has 1 N–H and O–H groups in total. The maximum atomic E-state index is 13.2. The molecule has 0 spiro atoms. The Morgan fingerprint density at radius 1 is 1.11 bits per heavy atom. The number of thiophene rings is 1. The smallest absolute Gasteiger partial charge is 0.341 e. The van der Waals surface area contributed by atoms with Gasteiger partial charge in [0.05, 0.1) is 24.5 Å². The van der Waals surface area contributed by atoms with Gasteiger partial charge < -0.3 is 24.3 Å². The number of methoxy groups -OCH3 is 2. The number of ether oxygens (including phenoxy) is 4. The molecule has 0 bridgehead atoms. The molecule has 3 heterocycles. The first-order chi connectivity index (χ1) is 18.4. The van der Waals surface area contributed by atoms with Gasteiger partial charge in [-0.2, -0.15) is 0 Å². The third-order valence-electron chi connectivity index (χ3n) is 6.14. The van der Waals surface area contributed by atoms with Crippen molar-refractivity contribution in [2.75, 3.05) is 32.8 Å². The number of rotatable bonds is 7. The van der Waals surface area contributed by atoms with Crippen molar-refractivity contribution < 1.29 is 28.5 Å². The monoisotopic (exact) mass is 550 g/mol. The van der Waals surface area contributed by atoms with Crippen LogP contribution in [0.1, 0.15) is 22.8 Å². The minimum atomic E-state index is -0.536. The second-order valence-corrected chi connectivity index (χ2v) is 10.8. The average Bonchev–Trinajstić information content (AvgIpc) is 3.35. The lowest BCUT2D eigenvalue weighted by Crippen LogP contribution is -2.23. The van der Waals surface area contributed by atoms with Gasteiger partial charge in [-0.3, -0.25) is 4.79 Å². The van der Waals surface area contributed by atoms with Crippen LogP contribution in [0.4, 0.5) is 5.00 Å². The summed E-state index contributed by atoms with van der Waals surface area (Å²) in [5.41, 5.74) is 3.50. The Balaban J connectivity index is 1.39. The molecule has 38 heavy (non-hydrogen) atoms. The number of hydrogen-bond donors (Lipinski definition) is 1. The number of thioether (sulfide) groups is 1. The molecule has 1 atom stereocenters. The van der Waals surface area contributed by atoms with Crippen molar-refractivity contribution in [2.24, 2.45) is 0 Å². The van der Waals surface area contributed by atoms with E-state index < -0.39 is 11.2 Å². The molecule has 0 radical (unpaired) electrons. The summed E-state index contributed by atoms with van der Waals surface area (Å²) in [4.78, 5) is 30.8. The van der Waals surface area contributed by atoms with E-state index in [4.69, 9.17) is 23.9 Å². The van der Waals surface area contributed by atoms with Gasteiger partial charge in [0.15, 0.2) is 11.5 Å². The van der Waals surface area contributed by atoms with Crippen molar-refractivity contribution in [2.45, 2.75) is 24.1 Å². The van der Waals surface area contributed by atoms with Crippen LogP contribution in [0.15, 0.2) is 52.9 Å². The van der Waals surface area contributed by atoms with E-state index in [0.29, 0.717) is 51.6 Å². The van der Waals surface area contributed by atoms with Crippen molar-refractivity contribution in [1.29, 1.82) is 0 Å². The van der Waals surface area contributed by atoms with E-state index in [2.05, 4.69) is 5.32 Å². The van der Waals surface area contributed by atoms with Crippen LogP contribution in [0.2, 0.25) is 0 Å². The van der Waals surface area contributed by atoms with E-state index in [0.717, 1.165) is 22.0 Å². The van der Waals surface area contributed by atoms with Crippen LogP contribution in [0.5, 0.6) is 17.2 Å². The molecule has 1 aliphatic rings. The lowest BCUT2D eigenvalue weighted by Gasteiger charge is -2.19. The zero-order valence-electron chi connectivity index (χ0n) is 21.3. The summed E-state index contributed by atoms with van der Waals surface area (Å²) in [6, 6.07) is 13.2. The van der Waals surface area contributed by atoms with Gasteiger partial charge in [0.1, 0.15) is 35.0 Å². The first kappa shape index (κ1) is 25.9. The molecule has 0 saturated carbocycles. The highest BCUT2D eigenvalue weighted by Gasteiger charge is 2.25. The number of nitrogens with zero attached hydrogens (tertiary/aromatic N) is 1. The minimum absolute atomic E-state index is 0.254. The number of nitrogens with one attached hydrogen (secondary N) is 1. The second kappa shape index (κ2) is 10.9. The number of pyridine rings is 1. The van der Waals surface area contributed by atoms with Crippen molar-refractivity contribution >= 4 is 50.9 Å². The fraction of sp³-hybridized carbons (Fsp3) is 0.250.